The summed E-state index contributed by atoms with van der Waals surface area (Å²) in [7, 11) is 4.23. The van der Waals surface area contributed by atoms with Gasteiger partial charge in [-0.25, -0.2) is 9.59 Å². The summed E-state index contributed by atoms with van der Waals surface area (Å²) in [5.41, 5.74) is 1.36. The number of hydrogen-bond acceptors (Lipinski definition) is 9. The number of aromatic nitrogens is 3. The van der Waals surface area contributed by atoms with Crippen LogP contribution in [-0.2, 0) is 21.3 Å². The van der Waals surface area contributed by atoms with Crippen molar-refractivity contribution in [3.8, 4) is 5.75 Å². The van der Waals surface area contributed by atoms with Crippen LogP contribution < -0.4 is 10.1 Å². The Labute approximate surface area is 217 Å². The highest BCUT2D eigenvalue weighted by Gasteiger charge is 2.20. The second-order valence-electron chi connectivity index (χ2n) is 7.69. The highest BCUT2D eigenvalue weighted by molar-refractivity contribution is 7.99. The molecular formula is C24H25ClN4O6S. The van der Waals surface area contributed by atoms with E-state index in [-0.39, 0.29) is 28.5 Å². The second kappa shape index (κ2) is 11.9. The maximum atomic E-state index is 12.6. The van der Waals surface area contributed by atoms with Gasteiger partial charge in [-0.3, -0.25) is 4.79 Å². The van der Waals surface area contributed by atoms with E-state index in [9.17, 15) is 14.4 Å². The molecule has 0 saturated carbocycles. The Morgan fingerprint density at radius 1 is 1.06 bits per heavy atom. The molecule has 0 aliphatic carbocycles. The van der Waals surface area contributed by atoms with Gasteiger partial charge in [0.05, 0.1) is 31.1 Å². The zero-order valence-electron chi connectivity index (χ0n) is 20.3. The number of carbonyl (C=O) groups is 3. The molecule has 0 fully saturated rings. The van der Waals surface area contributed by atoms with E-state index in [1.165, 1.54) is 44.2 Å². The Morgan fingerprint density at radius 3 is 2.28 bits per heavy atom. The molecule has 190 valence electrons. The number of hydrogen-bond donors (Lipinski definition) is 1. The van der Waals surface area contributed by atoms with Crippen molar-refractivity contribution in [1.82, 2.24) is 14.8 Å². The SMILES string of the molecule is COC(=O)c1cc(NC(=O)CSc2nnc(C(C)Oc3ccc(Cl)cc3C)n2C)cc(C(=O)OC)c1. The van der Waals surface area contributed by atoms with E-state index in [1.54, 1.807) is 23.7 Å². The molecule has 1 N–H and O–H groups in total. The molecule has 36 heavy (non-hydrogen) atoms. The summed E-state index contributed by atoms with van der Waals surface area (Å²) in [5, 5.41) is 12.2. The summed E-state index contributed by atoms with van der Waals surface area (Å²) in [4.78, 5) is 36.5. The van der Waals surface area contributed by atoms with E-state index >= 15 is 0 Å². The molecule has 3 aromatic rings. The molecule has 1 amide bonds. The number of thioether (sulfide) groups is 1. The number of nitrogens with zero attached hydrogens (tertiary/aromatic N) is 3. The fourth-order valence-electron chi connectivity index (χ4n) is 3.29. The van der Waals surface area contributed by atoms with Gasteiger partial charge in [0.25, 0.3) is 0 Å². The van der Waals surface area contributed by atoms with Crippen LogP contribution in [0, 0.1) is 6.92 Å². The van der Waals surface area contributed by atoms with Gasteiger partial charge < -0.3 is 24.1 Å². The number of amides is 1. The maximum Gasteiger partial charge on any atom is 0.337 e. The predicted octanol–water partition coefficient (Wildman–Crippen LogP) is 4.22. The van der Waals surface area contributed by atoms with Crippen LogP contribution in [0.2, 0.25) is 5.02 Å². The van der Waals surface area contributed by atoms with Crippen molar-refractivity contribution in [2.75, 3.05) is 25.3 Å². The van der Waals surface area contributed by atoms with Gasteiger partial charge in [0.2, 0.25) is 5.91 Å². The predicted molar refractivity (Wildman–Crippen MR) is 135 cm³/mol. The summed E-state index contributed by atoms with van der Waals surface area (Å²) in [6.07, 6.45) is -0.400. The van der Waals surface area contributed by atoms with Crippen LogP contribution in [0.1, 0.15) is 45.1 Å². The number of carbonyl (C=O) groups excluding carboxylic acids is 3. The topological polar surface area (TPSA) is 122 Å². The molecule has 0 aliphatic heterocycles. The number of aryl methyl sites for hydroxylation is 1. The minimum absolute atomic E-state index is 0.00745. The van der Waals surface area contributed by atoms with Gasteiger partial charge in [-0.1, -0.05) is 23.4 Å². The lowest BCUT2D eigenvalue weighted by Gasteiger charge is -2.16. The largest absolute Gasteiger partial charge is 0.482 e. The van der Waals surface area contributed by atoms with E-state index in [2.05, 4.69) is 15.5 Å². The van der Waals surface area contributed by atoms with Gasteiger partial charge >= 0.3 is 11.9 Å². The Hall–Kier alpha value is -3.57. The molecule has 10 nitrogen and oxygen atoms in total. The summed E-state index contributed by atoms with van der Waals surface area (Å²) in [6.45, 7) is 3.76. The van der Waals surface area contributed by atoms with Gasteiger partial charge in [-0.2, -0.15) is 0 Å². The van der Waals surface area contributed by atoms with E-state index in [0.29, 0.717) is 21.8 Å². The van der Waals surface area contributed by atoms with Crippen molar-refractivity contribution in [3.63, 3.8) is 0 Å². The molecular weight excluding hydrogens is 508 g/mol. The normalized spacial score (nSPS) is 11.5. The Bertz CT molecular complexity index is 1260. The van der Waals surface area contributed by atoms with Crippen LogP contribution in [0.4, 0.5) is 5.69 Å². The number of benzene rings is 2. The van der Waals surface area contributed by atoms with Crippen molar-refractivity contribution < 1.29 is 28.6 Å². The van der Waals surface area contributed by atoms with E-state index in [1.807, 2.05) is 19.9 Å². The van der Waals surface area contributed by atoms with Crippen LogP contribution in [0.5, 0.6) is 5.75 Å². The molecule has 0 spiro atoms. The number of nitrogens with one attached hydrogen (secondary N) is 1. The molecule has 12 heteroatoms. The average Bonchev–Trinajstić information content (AvgIpc) is 3.23. The van der Waals surface area contributed by atoms with Crippen LogP contribution in [0.3, 0.4) is 0 Å². The van der Waals surface area contributed by atoms with Crippen molar-refractivity contribution in [1.29, 1.82) is 0 Å². The smallest absolute Gasteiger partial charge is 0.337 e. The second-order valence-corrected chi connectivity index (χ2v) is 9.07. The van der Waals surface area contributed by atoms with E-state index in [0.717, 1.165) is 5.56 Å². The number of ether oxygens (including phenoxy) is 3. The van der Waals surface area contributed by atoms with Crippen molar-refractivity contribution in [2.45, 2.75) is 25.1 Å². The van der Waals surface area contributed by atoms with Crippen molar-refractivity contribution in [3.05, 3.63) is 63.9 Å². The van der Waals surface area contributed by atoms with Gasteiger partial charge in [-0.15, -0.1) is 10.2 Å². The first-order valence-corrected chi connectivity index (χ1v) is 12.1. The van der Waals surface area contributed by atoms with E-state index in [4.69, 9.17) is 25.8 Å². The van der Waals surface area contributed by atoms with Gasteiger partial charge in [0, 0.05) is 17.8 Å². The molecule has 0 aliphatic rings. The first-order valence-electron chi connectivity index (χ1n) is 10.7. The van der Waals surface area contributed by atoms with Crippen molar-refractivity contribution in [2.24, 2.45) is 7.05 Å². The van der Waals surface area contributed by atoms with Crippen LogP contribution in [0.25, 0.3) is 0 Å². The summed E-state index contributed by atoms with van der Waals surface area (Å²) >= 11 is 7.18. The maximum absolute atomic E-state index is 12.6. The molecule has 0 bridgehead atoms. The fourth-order valence-corrected chi connectivity index (χ4v) is 4.24. The van der Waals surface area contributed by atoms with E-state index < -0.39 is 18.0 Å². The highest BCUT2D eigenvalue weighted by atomic mass is 35.5. The Morgan fingerprint density at radius 2 is 1.69 bits per heavy atom. The molecule has 1 aromatic heterocycles. The third kappa shape index (κ3) is 6.55. The fraction of sp³-hybridized carbons (Fsp3) is 0.292. The standard InChI is InChI=1S/C24H25ClN4O6S/c1-13-8-17(25)6-7-19(13)35-14(2)21-27-28-24(29(21)3)36-12-20(30)26-18-10-15(22(31)33-4)9-16(11-18)23(32)34-5/h6-11,14H,12H2,1-5H3,(H,26,30). The summed E-state index contributed by atoms with van der Waals surface area (Å²) in [5.74, 6) is -0.397. The first kappa shape index (κ1) is 27.0. The monoisotopic (exact) mass is 532 g/mol. The zero-order chi connectivity index (χ0) is 26.4. The number of esters is 2. The summed E-state index contributed by atoms with van der Waals surface area (Å²) < 4.78 is 17.2. The molecule has 1 atom stereocenters. The lowest BCUT2D eigenvalue weighted by atomic mass is 10.1. The van der Waals surface area contributed by atoms with Crippen LogP contribution in [0.15, 0.2) is 41.6 Å². The Kier molecular flexibility index (Phi) is 8.94. The summed E-state index contributed by atoms with van der Waals surface area (Å²) in [6, 6.07) is 9.53. The molecule has 3 rings (SSSR count). The average molecular weight is 533 g/mol. The molecule has 1 heterocycles. The number of halogens is 1. The number of rotatable bonds is 9. The zero-order valence-corrected chi connectivity index (χ0v) is 21.9. The number of methoxy groups -OCH3 is 2. The first-order chi connectivity index (χ1) is 17.1. The van der Waals surface area contributed by atoms with Crippen LogP contribution in [-0.4, -0.2) is 52.6 Å². The van der Waals surface area contributed by atoms with Crippen molar-refractivity contribution >= 4 is 46.9 Å². The van der Waals surface area contributed by atoms with Gasteiger partial charge in [-0.05, 0) is 55.8 Å². The molecule has 0 saturated heterocycles. The third-order valence-electron chi connectivity index (χ3n) is 5.06. The van der Waals surface area contributed by atoms with Gasteiger partial charge in [0.15, 0.2) is 17.1 Å². The molecule has 2 aromatic carbocycles. The third-order valence-corrected chi connectivity index (χ3v) is 6.32. The number of anilines is 1. The minimum atomic E-state index is -0.651. The Balaban J connectivity index is 1.66. The lowest BCUT2D eigenvalue weighted by molar-refractivity contribution is -0.113. The highest BCUT2D eigenvalue weighted by Crippen LogP contribution is 2.28. The van der Waals surface area contributed by atoms with Crippen LogP contribution >= 0.6 is 23.4 Å². The lowest BCUT2D eigenvalue weighted by Crippen LogP contribution is -2.16. The molecule has 0 radical (unpaired) electrons. The van der Waals surface area contributed by atoms with Gasteiger partial charge in [0.1, 0.15) is 5.75 Å². The minimum Gasteiger partial charge on any atom is -0.482 e. The quantitative estimate of drug-likeness (QED) is 0.319. The molecule has 1 unspecified atom stereocenters.